The van der Waals surface area contributed by atoms with Gasteiger partial charge >= 0.3 is 5.97 Å². The van der Waals surface area contributed by atoms with Crippen LogP contribution in [-0.4, -0.2) is 23.5 Å². The summed E-state index contributed by atoms with van der Waals surface area (Å²) in [7, 11) is 0. The second-order valence-electron chi connectivity index (χ2n) is 3.81. The van der Waals surface area contributed by atoms with Crippen LogP contribution in [0.2, 0.25) is 5.02 Å². The number of halogens is 2. The monoisotopic (exact) mass is 333 g/mol. The zero-order chi connectivity index (χ0) is 13.7. The maximum Gasteiger partial charge on any atom is 0.308 e. The molecule has 0 saturated carbocycles. The molecule has 0 radical (unpaired) electrons. The Labute approximate surface area is 118 Å². The first-order valence-corrected chi connectivity index (χ1v) is 6.58. The third-order valence-electron chi connectivity index (χ3n) is 2.48. The molecule has 98 valence electrons. The molecule has 0 aromatic heterocycles. The quantitative estimate of drug-likeness (QED) is 0.870. The van der Waals surface area contributed by atoms with Gasteiger partial charge in [0.2, 0.25) is 0 Å². The van der Waals surface area contributed by atoms with E-state index in [9.17, 15) is 9.59 Å². The zero-order valence-corrected chi connectivity index (χ0v) is 12.1. The van der Waals surface area contributed by atoms with Crippen LogP contribution in [0.15, 0.2) is 22.7 Å². The van der Waals surface area contributed by atoms with Gasteiger partial charge in [-0.25, -0.2) is 0 Å². The molecule has 1 aromatic carbocycles. The van der Waals surface area contributed by atoms with E-state index in [-0.39, 0.29) is 12.5 Å². The SMILES string of the molecule is CCC(CNC(=O)c1cc(Cl)cc(Br)c1)C(=O)O. The number of carboxylic acids is 1. The molecular weight excluding hydrogens is 321 g/mol. The molecule has 0 saturated heterocycles. The third kappa shape index (κ3) is 4.31. The van der Waals surface area contributed by atoms with Crippen LogP contribution >= 0.6 is 27.5 Å². The van der Waals surface area contributed by atoms with E-state index in [1.54, 1.807) is 19.1 Å². The summed E-state index contributed by atoms with van der Waals surface area (Å²) in [6.45, 7) is 1.87. The van der Waals surface area contributed by atoms with E-state index >= 15 is 0 Å². The summed E-state index contributed by atoms with van der Waals surface area (Å²) in [5.74, 6) is -1.82. The van der Waals surface area contributed by atoms with Crippen LogP contribution in [0.1, 0.15) is 23.7 Å². The number of carboxylic acid groups (broad SMARTS) is 1. The van der Waals surface area contributed by atoms with E-state index in [4.69, 9.17) is 16.7 Å². The molecule has 1 aromatic rings. The Balaban J connectivity index is 2.68. The Hall–Kier alpha value is -1.07. The van der Waals surface area contributed by atoms with Crippen molar-refractivity contribution in [1.29, 1.82) is 0 Å². The lowest BCUT2D eigenvalue weighted by Crippen LogP contribution is -2.32. The Bertz CT molecular complexity index is 444. The third-order valence-corrected chi connectivity index (χ3v) is 3.15. The van der Waals surface area contributed by atoms with Crippen LogP contribution in [-0.2, 0) is 4.79 Å². The largest absolute Gasteiger partial charge is 0.481 e. The molecule has 0 fully saturated rings. The van der Waals surface area contributed by atoms with Crippen molar-refractivity contribution in [2.45, 2.75) is 13.3 Å². The summed E-state index contributed by atoms with van der Waals surface area (Å²) in [4.78, 5) is 22.6. The molecule has 1 atom stereocenters. The van der Waals surface area contributed by atoms with Crippen molar-refractivity contribution in [2.75, 3.05) is 6.54 Å². The molecule has 1 unspecified atom stereocenters. The number of hydrogen-bond donors (Lipinski definition) is 2. The molecule has 0 spiro atoms. The number of carbonyl (C=O) groups excluding carboxylic acids is 1. The Morgan fingerprint density at radius 1 is 1.44 bits per heavy atom. The Morgan fingerprint density at radius 3 is 2.61 bits per heavy atom. The average Bonchev–Trinajstić information content (AvgIpc) is 2.27. The van der Waals surface area contributed by atoms with Crippen LogP contribution in [0.3, 0.4) is 0 Å². The number of carbonyl (C=O) groups is 2. The van der Waals surface area contributed by atoms with Crippen molar-refractivity contribution in [3.63, 3.8) is 0 Å². The van der Waals surface area contributed by atoms with Gasteiger partial charge in [0, 0.05) is 21.6 Å². The van der Waals surface area contributed by atoms with Crippen molar-refractivity contribution in [1.82, 2.24) is 5.32 Å². The first-order chi connectivity index (χ1) is 8.43. The van der Waals surface area contributed by atoms with Gasteiger partial charge < -0.3 is 10.4 Å². The standard InChI is InChI=1S/C12H13BrClNO3/c1-2-7(12(17)18)6-15-11(16)8-3-9(13)5-10(14)4-8/h3-5,7H,2,6H2,1H3,(H,15,16)(H,17,18). The Morgan fingerprint density at radius 2 is 2.11 bits per heavy atom. The fourth-order valence-corrected chi connectivity index (χ4v) is 2.27. The fraction of sp³-hybridized carbons (Fsp3) is 0.333. The Kier molecular flexibility index (Phi) is 5.62. The molecule has 4 nitrogen and oxygen atoms in total. The van der Waals surface area contributed by atoms with Crippen molar-refractivity contribution < 1.29 is 14.7 Å². The minimum Gasteiger partial charge on any atom is -0.481 e. The van der Waals surface area contributed by atoms with E-state index in [0.717, 1.165) is 0 Å². The summed E-state index contributed by atoms with van der Waals surface area (Å²) < 4.78 is 0.699. The van der Waals surface area contributed by atoms with E-state index in [2.05, 4.69) is 21.2 Å². The molecule has 1 amide bonds. The average molecular weight is 335 g/mol. The van der Waals surface area contributed by atoms with Crippen LogP contribution in [0.5, 0.6) is 0 Å². The topological polar surface area (TPSA) is 66.4 Å². The first kappa shape index (κ1) is 15.0. The fourth-order valence-electron chi connectivity index (χ4n) is 1.41. The normalized spacial score (nSPS) is 11.9. The summed E-state index contributed by atoms with van der Waals surface area (Å²) in [6.07, 6.45) is 0.467. The second kappa shape index (κ2) is 6.75. The molecule has 0 bridgehead atoms. The van der Waals surface area contributed by atoms with Crippen LogP contribution in [0.4, 0.5) is 0 Å². The molecule has 18 heavy (non-hydrogen) atoms. The maximum atomic E-state index is 11.8. The van der Waals surface area contributed by atoms with Gasteiger partial charge in [-0.15, -0.1) is 0 Å². The van der Waals surface area contributed by atoms with Gasteiger partial charge in [0.05, 0.1) is 5.92 Å². The number of benzene rings is 1. The van der Waals surface area contributed by atoms with Crippen molar-refractivity contribution in [3.8, 4) is 0 Å². The molecule has 0 aliphatic rings. The summed E-state index contributed by atoms with van der Waals surface area (Å²) in [6, 6.07) is 4.83. The predicted molar refractivity (Wildman–Crippen MR) is 72.9 cm³/mol. The number of nitrogens with one attached hydrogen (secondary N) is 1. The van der Waals surface area contributed by atoms with Crippen molar-refractivity contribution in [2.24, 2.45) is 5.92 Å². The molecule has 1 rings (SSSR count). The van der Waals surface area contributed by atoms with E-state index in [0.29, 0.717) is 21.5 Å². The number of aliphatic carboxylic acids is 1. The second-order valence-corrected chi connectivity index (χ2v) is 5.16. The molecular formula is C12H13BrClNO3. The van der Waals surface area contributed by atoms with Gasteiger partial charge in [-0.1, -0.05) is 34.5 Å². The summed E-state index contributed by atoms with van der Waals surface area (Å²) in [5, 5.41) is 11.9. The van der Waals surface area contributed by atoms with Gasteiger partial charge in [0.1, 0.15) is 0 Å². The van der Waals surface area contributed by atoms with Gasteiger partial charge in [-0.05, 0) is 24.6 Å². The lowest BCUT2D eigenvalue weighted by atomic mass is 10.1. The molecule has 0 aliphatic carbocycles. The van der Waals surface area contributed by atoms with Gasteiger partial charge in [0.25, 0.3) is 5.91 Å². The van der Waals surface area contributed by atoms with E-state index in [1.807, 2.05) is 0 Å². The van der Waals surface area contributed by atoms with Crippen molar-refractivity contribution in [3.05, 3.63) is 33.3 Å². The van der Waals surface area contributed by atoms with E-state index in [1.165, 1.54) is 6.07 Å². The van der Waals surface area contributed by atoms with Gasteiger partial charge in [0.15, 0.2) is 0 Å². The first-order valence-electron chi connectivity index (χ1n) is 5.41. The van der Waals surface area contributed by atoms with Gasteiger partial charge in [-0.3, -0.25) is 9.59 Å². The number of amides is 1. The molecule has 0 aliphatic heterocycles. The molecule has 2 N–H and O–H groups in total. The molecule has 0 heterocycles. The van der Waals surface area contributed by atoms with Crippen LogP contribution < -0.4 is 5.32 Å². The maximum absolute atomic E-state index is 11.8. The minimum absolute atomic E-state index is 0.106. The predicted octanol–water partition coefficient (Wildman–Crippen LogP) is 2.94. The minimum atomic E-state index is -0.912. The van der Waals surface area contributed by atoms with E-state index < -0.39 is 11.9 Å². The smallest absolute Gasteiger partial charge is 0.308 e. The summed E-state index contributed by atoms with van der Waals surface area (Å²) in [5.41, 5.74) is 0.398. The highest BCUT2D eigenvalue weighted by molar-refractivity contribution is 9.10. The lowest BCUT2D eigenvalue weighted by molar-refractivity contribution is -0.141. The van der Waals surface area contributed by atoms with Gasteiger partial charge in [-0.2, -0.15) is 0 Å². The highest BCUT2D eigenvalue weighted by Crippen LogP contribution is 2.19. The molecule has 6 heteroatoms. The summed E-state index contributed by atoms with van der Waals surface area (Å²) >= 11 is 9.07. The number of hydrogen-bond acceptors (Lipinski definition) is 2. The highest BCUT2D eigenvalue weighted by atomic mass is 79.9. The van der Waals surface area contributed by atoms with Crippen LogP contribution in [0, 0.1) is 5.92 Å². The lowest BCUT2D eigenvalue weighted by Gasteiger charge is -2.11. The number of rotatable bonds is 5. The zero-order valence-electron chi connectivity index (χ0n) is 9.74. The van der Waals surface area contributed by atoms with Crippen molar-refractivity contribution >= 4 is 39.4 Å². The van der Waals surface area contributed by atoms with Crippen LogP contribution in [0.25, 0.3) is 0 Å². The highest BCUT2D eigenvalue weighted by Gasteiger charge is 2.16.